The first-order chi connectivity index (χ1) is 15.4. The molecule has 0 radical (unpaired) electrons. The Morgan fingerprint density at radius 2 is 1.88 bits per heavy atom. The van der Waals surface area contributed by atoms with Gasteiger partial charge in [-0.15, -0.1) is 0 Å². The Morgan fingerprint density at radius 1 is 1.12 bits per heavy atom. The smallest absolute Gasteiger partial charge is 0.336 e. The second-order valence-corrected chi connectivity index (χ2v) is 7.16. The van der Waals surface area contributed by atoms with Crippen LogP contribution in [-0.2, 0) is 9.59 Å². The van der Waals surface area contributed by atoms with Gasteiger partial charge < -0.3 is 20.2 Å². The maximum Gasteiger partial charge on any atom is 0.336 e. The molecule has 0 fully saturated rings. The van der Waals surface area contributed by atoms with Crippen molar-refractivity contribution in [2.45, 2.75) is 32.6 Å². The van der Waals surface area contributed by atoms with E-state index >= 15 is 0 Å². The van der Waals surface area contributed by atoms with Gasteiger partial charge in [0.15, 0.2) is 5.76 Å². The van der Waals surface area contributed by atoms with Gasteiger partial charge in [-0.1, -0.05) is 44.4 Å². The topological polar surface area (TPSA) is 149 Å². The number of amides is 3. The molecule has 0 unspecified atom stereocenters. The van der Waals surface area contributed by atoms with Gasteiger partial charge in [0.25, 0.3) is 5.91 Å². The molecule has 10 heteroatoms. The van der Waals surface area contributed by atoms with Crippen molar-refractivity contribution in [2.24, 2.45) is 5.92 Å². The van der Waals surface area contributed by atoms with Crippen molar-refractivity contribution in [3.63, 3.8) is 0 Å². The zero-order valence-corrected chi connectivity index (χ0v) is 17.7. The Labute approximate surface area is 185 Å². The molecule has 0 spiro atoms. The lowest BCUT2D eigenvalue weighted by Gasteiger charge is -2.19. The average molecular weight is 445 g/mol. The predicted molar refractivity (Wildman–Crippen MR) is 114 cm³/mol. The molecule has 0 bridgehead atoms. The van der Waals surface area contributed by atoms with Gasteiger partial charge in [0, 0.05) is 5.56 Å². The third-order valence-corrected chi connectivity index (χ3v) is 4.82. The molecule has 10 nitrogen and oxygen atoms in total. The van der Waals surface area contributed by atoms with Crippen molar-refractivity contribution in [3.8, 4) is 11.3 Å². The maximum absolute atomic E-state index is 12.4. The lowest BCUT2D eigenvalue weighted by molar-refractivity contribution is -0.154. The lowest BCUT2D eigenvalue weighted by Crippen LogP contribution is -2.42. The van der Waals surface area contributed by atoms with Crippen LogP contribution in [0.15, 0.2) is 40.8 Å². The molecule has 2 rings (SSSR count). The summed E-state index contributed by atoms with van der Waals surface area (Å²) >= 11 is 0. The second-order valence-electron chi connectivity index (χ2n) is 7.16. The predicted octanol–water partition coefficient (Wildman–Crippen LogP) is 2.49. The minimum absolute atomic E-state index is 0.0448. The molecule has 0 saturated heterocycles. The van der Waals surface area contributed by atoms with Crippen LogP contribution in [0.1, 0.15) is 53.5 Å². The minimum atomic E-state index is -1.12. The number of hydrogen-bond acceptors (Lipinski definition) is 6. The van der Waals surface area contributed by atoms with Gasteiger partial charge in [-0.05, 0) is 24.6 Å². The van der Waals surface area contributed by atoms with Crippen molar-refractivity contribution < 1.29 is 33.9 Å². The van der Waals surface area contributed by atoms with Gasteiger partial charge in [0.05, 0.1) is 24.7 Å². The largest absolute Gasteiger partial charge is 0.478 e. The number of hydrogen-bond donors (Lipinski definition) is 4. The number of furan rings is 1. The minimum Gasteiger partial charge on any atom is -0.478 e. The first-order valence-electron chi connectivity index (χ1n) is 10.3. The van der Waals surface area contributed by atoms with Gasteiger partial charge in [0.1, 0.15) is 5.76 Å². The molecule has 0 aliphatic heterocycles. The van der Waals surface area contributed by atoms with Crippen molar-refractivity contribution in [3.05, 3.63) is 47.7 Å². The number of rotatable bonds is 13. The highest BCUT2D eigenvalue weighted by Crippen LogP contribution is 2.26. The van der Waals surface area contributed by atoms with Crippen LogP contribution in [0.3, 0.4) is 0 Å². The van der Waals surface area contributed by atoms with Crippen molar-refractivity contribution in [2.75, 3.05) is 13.2 Å². The molecule has 0 aliphatic carbocycles. The van der Waals surface area contributed by atoms with E-state index in [-0.39, 0.29) is 36.7 Å². The van der Waals surface area contributed by atoms with Crippen LogP contribution in [0.2, 0.25) is 0 Å². The highest BCUT2D eigenvalue weighted by Gasteiger charge is 2.21. The summed E-state index contributed by atoms with van der Waals surface area (Å²) in [4.78, 5) is 46.8. The van der Waals surface area contributed by atoms with E-state index in [1.807, 2.05) is 6.92 Å². The summed E-state index contributed by atoms with van der Waals surface area (Å²) in [5.41, 5.74) is 0.384. The van der Waals surface area contributed by atoms with E-state index in [4.69, 9.17) is 4.42 Å². The molecule has 1 aromatic heterocycles. The van der Waals surface area contributed by atoms with E-state index in [0.717, 1.165) is 19.3 Å². The standard InChI is InChI=1S/C22H27N3O7/c1-2-3-4-7-15(12-25(31)14-26)20(27)23-13-24-21(28)19-11-10-18(32-19)16-8-5-6-9-17(16)22(29)30/h5-6,8-11,14-15,31H,2-4,7,12-13H2,1H3,(H,23,27)(H,24,28)(H,29,30)/t15-/m1/s1. The second kappa shape index (κ2) is 12.3. The zero-order chi connectivity index (χ0) is 23.5. The van der Waals surface area contributed by atoms with Crippen molar-refractivity contribution in [1.82, 2.24) is 15.7 Å². The summed E-state index contributed by atoms with van der Waals surface area (Å²) in [6.07, 6.45) is 3.37. The molecule has 2 aromatic rings. The lowest BCUT2D eigenvalue weighted by atomic mass is 10.0. The summed E-state index contributed by atoms with van der Waals surface area (Å²) in [6, 6.07) is 9.17. The molecule has 0 aliphatic rings. The summed E-state index contributed by atoms with van der Waals surface area (Å²) in [6.45, 7) is 1.70. The number of carboxylic acid groups (broad SMARTS) is 1. The number of carbonyl (C=O) groups excluding carboxylic acids is 3. The van der Waals surface area contributed by atoms with Crippen LogP contribution in [-0.4, -0.2) is 52.8 Å². The van der Waals surface area contributed by atoms with Crippen LogP contribution < -0.4 is 10.6 Å². The fourth-order valence-electron chi connectivity index (χ4n) is 3.15. The molecule has 1 heterocycles. The average Bonchev–Trinajstić information content (AvgIpc) is 3.28. The number of benzene rings is 1. The Kier molecular flexibility index (Phi) is 9.43. The Hall–Kier alpha value is -3.66. The highest BCUT2D eigenvalue weighted by molar-refractivity contribution is 5.96. The number of unbranched alkanes of at least 4 members (excludes halogenated alkanes) is 2. The number of carbonyl (C=O) groups is 4. The molecular formula is C22H27N3O7. The first kappa shape index (κ1) is 24.6. The van der Waals surface area contributed by atoms with Gasteiger partial charge in [-0.2, -0.15) is 0 Å². The summed E-state index contributed by atoms with van der Waals surface area (Å²) in [5, 5.41) is 24.2. The van der Waals surface area contributed by atoms with E-state index in [1.165, 1.54) is 18.2 Å². The first-order valence-corrected chi connectivity index (χ1v) is 10.3. The zero-order valence-electron chi connectivity index (χ0n) is 17.7. The third-order valence-electron chi connectivity index (χ3n) is 4.82. The fourth-order valence-corrected chi connectivity index (χ4v) is 3.15. The number of carboxylic acids is 1. The molecular weight excluding hydrogens is 418 g/mol. The summed E-state index contributed by atoms with van der Waals surface area (Å²) < 4.78 is 5.49. The number of aromatic carboxylic acids is 1. The van der Waals surface area contributed by atoms with Crippen LogP contribution in [0.25, 0.3) is 11.3 Å². The SMILES string of the molecule is CCCCC[C@H](CN(O)C=O)C(=O)NCNC(=O)c1ccc(-c2ccccc2C(=O)O)o1. The van der Waals surface area contributed by atoms with Crippen LogP contribution >= 0.6 is 0 Å². The van der Waals surface area contributed by atoms with E-state index in [9.17, 15) is 29.5 Å². The Balaban J connectivity index is 1.94. The Bertz CT molecular complexity index is 941. The van der Waals surface area contributed by atoms with Gasteiger partial charge in [-0.3, -0.25) is 19.6 Å². The molecule has 32 heavy (non-hydrogen) atoms. The molecule has 4 N–H and O–H groups in total. The quantitative estimate of drug-likeness (QED) is 0.122. The molecule has 3 amide bonds. The molecule has 172 valence electrons. The van der Waals surface area contributed by atoms with Gasteiger partial charge in [0.2, 0.25) is 12.3 Å². The number of nitrogens with zero attached hydrogens (tertiary/aromatic N) is 1. The third kappa shape index (κ3) is 6.95. The van der Waals surface area contributed by atoms with E-state index in [0.29, 0.717) is 17.0 Å². The summed E-state index contributed by atoms with van der Waals surface area (Å²) in [5.74, 6) is -2.55. The van der Waals surface area contributed by atoms with Crippen molar-refractivity contribution in [1.29, 1.82) is 0 Å². The van der Waals surface area contributed by atoms with Gasteiger partial charge in [-0.25, -0.2) is 9.86 Å². The Morgan fingerprint density at radius 3 is 2.56 bits per heavy atom. The summed E-state index contributed by atoms with van der Waals surface area (Å²) in [7, 11) is 0. The molecule has 1 atom stereocenters. The fraction of sp³-hybridized carbons (Fsp3) is 0.364. The van der Waals surface area contributed by atoms with E-state index in [1.54, 1.807) is 18.2 Å². The number of nitrogens with one attached hydrogen (secondary N) is 2. The van der Waals surface area contributed by atoms with Crippen LogP contribution in [0, 0.1) is 5.92 Å². The van der Waals surface area contributed by atoms with E-state index < -0.39 is 23.7 Å². The monoisotopic (exact) mass is 445 g/mol. The normalized spacial score (nSPS) is 11.4. The van der Waals surface area contributed by atoms with Gasteiger partial charge >= 0.3 is 5.97 Å². The molecule has 1 aromatic carbocycles. The van der Waals surface area contributed by atoms with Crippen LogP contribution in [0.4, 0.5) is 0 Å². The van der Waals surface area contributed by atoms with Crippen molar-refractivity contribution >= 4 is 24.2 Å². The number of hydroxylamine groups is 2. The van der Waals surface area contributed by atoms with E-state index in [2.05, 4.69) is 10.6 Å². The maximum atomic E-state index is 12.4. The highest BCUT2D eigenvalue weighted by atomic mass is 16.5. The van der Waals surface area contributed by atoms with Crippen LogP contribution in [0.5, 0.6) is 0 Å². The molecule has 0 saturated carbocycles.